The van der Waals surface area contributed by atoms with Gasteiger partial charge in [-0.05, 0) is 42.0 Å². The van der Waals surface area contributed by atoms with Crippen LogP contribution in [0.3, 0.4) is 0 Å². The SMILES string of the molecule is Br.CCCC/N=c1/scc(C2(c3ccc4ccccc4c3)CCC2)n1CCCC. The highest BCUT2D eigenvalue weighted by Gasteiger charge is 2.42. The number of unbranched alkanes of at least 4 members (excludes halogenated alkanes) is 2. The summed E-state index contributed by atoms with van der Waals surface area (Å²) in [6, 6.07) is 15.8. The third-order valence-corrected chi connectivity index (χ3v) is 7.19. The highest BCUT2D eigenvalue weighted by atomic mass is 79.9. The van der Waals surface area contributed by atoms with E-state index in [9.17, 15) is 0 Å². The lowest BCUT2D eigenvalue weighted by molar-refractivity contribution is 0.282. The maximum absolute atomic E-state index is 4.97. The molecule has 2 nitrogen and oxygen atoms in total. The van der Waals surface area contributed by atoms with Gasteiger partial charge in [0.05, 0.1) is 0 Å². The Morgan fingerprint density at radius 1 is 1.00 bits per heavy atom. The van der Waals surface area contributed by atoms with Crippen molar-refractivity contribution in [2.45, 2.75) is 70.8 Å². The zero-order valence-corrected chi connectivity index (χ0v) is 20.2. The molecule has 0 radical (unpaired) electrons. The summed E-state index contributed by atoms with van der Waals surface area (Å²) in [5.41, 5.74) is 3.16. The number of benzene rings is 2. The lowest BCUT2D eigenvalue weighted by Gasteiger charge is -2.43. The molecule has 1 saturated carbocycles. The number of thiazole rings is 1. The molecular formula is C25H33BrN2S. The lowest BCUT2D eigenvalue weighted by atomic mass is 9.62. The highest BCUT2D eigenvalue weighted by Crippen LogP contribution is 2.49. The van der Waals surface area contributed by atoms with Gasteiger partial charge in [-0.15, -0.1) is 28.3 Å². The number of aromatic nitrogens is 1. The Morgan fingerprint density at radius 2 is 1.76 bits per heavy atom. The van der Waals surface area contributed by atoms with Gasteiger partial charge in [-0.2, -0.15) is 0 Å². The van der Waals surface area contributed by atoms with E-state index in [1.165, 1.54) is 71.8 Å². The van der Waals surface area contributed by atoms with Gasteiger partial charge in [0.15, 0.2) is 4.80 Å². The van der Waals surface area contributed by atoms with E-state index in [2.05, 4.69) is 66.3 Å². The van der Waals surface area contributed by atoms with Gasteiger partial charge < -0.3 is 4.57 Å². The van der Waals surface area contributed by atoms with Crippen LogP contribution in [0, 0.1) is 0 Å². The predicted molar refractivity (Wildman–Crippen MR) is 131 cm³/mol. The van der Waals surface area contributed by atoms with E-state index in [0.29, 0.717) is 0 Å². The summed E-state index contributed by atoms with van der Waals surface area (Å²) in [6.07, 6.45) is 8.65. The molecular weight excluding hydrogens is 440 g/mol. The van der Waals surface area contributed by atoms with Crippen molar-refractivity contribution in [1.82, 2.24) is 4.57 Å². The first-order chi connectivity index (χ1) is 13.8. The molecule has 0 unspecified atom stereocenters. The van der Waals surface area contributed by atoms with Crippen LogP contribution in [0.15, 0.2) is 52.8 Å². The van der Waals surface area contributed by atoms with Crippen LogP contribution < -0.4 is 4.80 Å². The van der Waals surface area contributed by atoms with E-state index in [4.69, 9.17) is 4.99 Å². The van der Waals surface area contributed by atoms with Crippen LogP contribution in [-0.2, 0) is 12.0 Å². The number of rotatable bonds is 8. The molecule has 1 aliphatic rings. The Labute approximate surface area is 189 Å². The first-order valence-electron chi connectivity index (χ1n) is 11.0. The van der Waals surface area contributed by atoms with Gasteiger partial charge in [0.1, 0.15) is 0 Å². The topological polar surface area (TPSA) is 17.3 Å². The van der Waals surface area contributed by atoms with Gasteiger partial charge in [-0.3, -0.25) is 4.99 Å². The predicted octanol–water partition coefficient (Wildman–Crippen LogP) is 7.25. The van der Waals surface area contributed by atoms with E-state index in [-0.39, 0.29) is 22.4 Å². The minimum absolute atomic E-state index is 0. The molecule has 4 heteroatoms. The van der Waals surface area contributed by atoms with Crippen molar-refractivity contribution >= 4 is 39.1 Å². The largest absolute Gasteiger partial charge is 0.320 e. The monoisotopic (exact) mass is 472 g/mol. The third kappa shape index (κ3) is 4.39. The zero-order chi connectivity index (χ0) is 19.4. The van der Waals surface area contributed by atoms with Crippen LogP contribution in [0.5, 0.6) is 0 Å². The molecule has 0 amide bonds. The Kier molecular flexibility index (Phi) is 7.75. The molecule has 0 atom stereocenters. The molecule has 3 aromatic rings. The van der Waals surface area contributed by atoms with Crippen molar-refractivity contribution in [3.05, 3.63) is 63.9 Å². The fraction of sp³-hybridized carbons (Fsp3) is 0.480. The molecule has 1 aliphatic carbocycles. The molecule has 1 aromatic heterocycles. The van der Waals surface area contributed by atoms with Crippen molar-refractivity contribution in [3.8, 4) is 0 Å². The smallest absolute Gasteiger partial charge is 0.184 e. The number of hydrogen-bond donors (Lipinski definition) is 0. The molecule has 156 valence electrons. The van der Waals surface area contributed by atoms with Crippen LogP contribution >= 0.6 is 28.3 Å². The average Bonchev–Trinajstić information content (AvgIpc) is 3.08. The van der Waals surface area contributed by atoms with Crippen molar-refractivity contribution in [2.75, 3.05) is 6.54 Å². The molecule has 2 aromatic carbocycles. The molecule has 0 aliphatic heterocycles. The highest BCUT2D eigenvalue weighted by molar-refractivity contribution is 8.93. The first kappa shape index (κ1) is 22.3. The second kappa shape index (κ2) is 10.1. The van der Waals surface area contributed by atoms with Crippen LogP contribution in [0.25, 0.3) is 10.8 Å². The Morgan fingerprint density at radius 3 is 2.45 bits per heavy atom. The van der Waals surface area contributed by atoms with Gasteiger partial charge in [0.25, 0.3) is 0 Å². The summed E-state index contributed by atoms with van der Waals surface area (Å²) in [4.78, 5) is 6.19. The molecule has 0 saturated heterocycles. The Balaban J connectivity index is 0.00000240. The molecule has 0 bridgehead atoms. The van der Waals surface area contributed by atoms with Gasteiger partial charge in [-0.1, -0.05) is 75.6 Å². The van der Waals surface area contributed by atoms with Gasteiger partial charge in [0, 0.05) is 29.6 Å². The summed E-state index contributed by atoms with van der Waals surface area (Å²) in [6.45, 7) is 6.56. The standard InChI is InChI=1S/C25H32N2S.BrH/c1-3-5-16-26-24-27(17-6-4-2)23(19-28-24)25(14-9-15-25)22-13-12-20-10-7-8-11-21(20)18-22;/h7-8,10-13,18-19H,3-6,9,14-17H2,1-2H3;1H/b26-24+;. The normalized spacial score (nSPS) is 15.9. The zero-order valence-electron chi connectivity index (χ0n) is 17.7. The summed E-state index contributed by atoms with van der Waals surface area (Å²) in [5, 5.41) is 5.10. The summed E-state index contributed by atoms with van der Waals surface area (Å²) in [5.74, 6) is 0. The van der Waals surface area contributed by atoms with Crippen molar-refractivity contribution in [1.29, 1.82) is 0 Å². The van der Waals surface area contributed by atoms with Gasteiger partial charge in [0.2, 0.25) is 0 Å². The Hall–Kier alpha value is -1.39. The molecule has 0 spiro atoms. The minimum atomic E-state index is 0. The van der Waals surface area contributed by atoms with E-state index < -0.39 is 0 Å². The van der Waals surface area contributed by atoms with E-state index in [0.717, 1.165) is 13.1 Å². The number of halogens is 1. The molecule has 1 fully saturated rings. The van der Waals surface area contributed by atoms with E-state index >= 15 is 0 Å². The maximum atomic E-state index is 4.97. The fourth-order valence-corrected chi connectivity index (χ4v) is 5.46. The van der Waals surface area contributed by atoms with Crippen molar-refractivity contribution < 1.29 is 0 Å². The second-order valence-electron chi connectivity index (χ2n) is 8.14. The summed E-state index contributed by atoms with van der Waals surface area (Å²) < 4.78 is 2.55. The summed E-state index contributed by atoms with van der Waals surface area (Å²) >= 11 is 1.85. The van der Waals surface area contributed by atoms with Gasteiger partial charge >= 0.3 is 0 Å². The maximum Gasteiger partial charge on any atom is 0.184 e. The number of nitrogens with zero attached hydrogens (tertiary/aromatic N) is 2. The molecule has 0 N–H and O–H groups in total. The molecule has 1 heterocycles. The fourth-order valence-electron chi connectivity index (χ4n) is 4.41. The first-order valence-corrected chi connectivity index (χ1v) is 11.8. The van der Waals surface area contributed by atoms with E-state index in [1.807, 2.05) is 11.3 Å². The van der Waals surface area contributed by atoms with Crippen LogP contribution in [0.1, 0.15) is 70.1 Å². The van der Waals surface area contributed by atoms with Gasteiger partial charge in [-0.25, -0.2) is 0 Å². The summed E-state index contributed by atoms with van der Waals surface area (Å²) in [7, 11) is 0. The van der Waals surface area contributed by atoms with Crippen LogP contribution in [-0.4, -0.2) is 11.1 Å². The van der Waals surface area contributed by atoms with Crippen LogP contribution in [0.4, 0.5) is 0 Å². The molecule has 4 rings (SSSR count). The average molecular weight is 474 g/mol. The van der Waals surface area contributed by atoms with Crippen molar-refractivity contribution in [3.63, 3.8) is 0 Å². The third-order valence-electron chi connectivity index (χ3n) is 6.29. The van der Waals surface area contributed by atoms with E-state index in [1.54, 1.807) is 0 Å². The van der Waals surface area contributed by atoms with Crippen molar-refractivity contribution in [2.24, 2.45) is 4.99 Å². The number of fused-ring (bicyclic) bond motifs is 1. The Bertz CT molecular complexity index is 997. The van der Waals surface area contributed by atoms with Crippen LogP contribution in [0.2, 0.25) is 0 Å². The number of hydrogen-bond acceptors (Lipinski definition) is 2. The lowest BCUT2D eigenvalue weighted by Crippen LogP contribution is -2.39. The second-order valence-corrected chi connectivity index (χ2v) is 8.98. The minimum Gasteiger partial charge on any atom is -0.320 e. The quantitative estimate of drug-likeness (QED) is 0.307. The molecule has 29 heavy (non-hydrogen) atoms.